The van der Waals surface area contributed by atoms with Crippen LogP contribution >= 0.6 is 11.3 Å². The third-order valence-electron chi connectivity index (χ3n) is 6.68. The average Bonchev–Trinajstić information content (AvgIpc) is 3.42. The van der Waals surface area contributed by atoms with Crippen molar-refractivity contribution < 1.29 is 0 Å². The molecular weight excluding hydrogens is 498 g/mol. The first-order valence-corrected chi connectivity index (χ1v) is 14.3. The Labute approximate surface area is 238 Å². The van der Waals surface area contributed by atoms with Gasteiger partial charge >= 0.3 is 0 Å². The van der Waals surface area contributed by atoms with Crippen LogP contribution in [0.4, 0.5) is 22.2 Å². The van der Waals surface area contributed by atoms with Gasteiger partial charge in [0, 0.05) is 29.5 Å². The van der Waals surface area contributed by atoms with Gasteiger partial charge in [0.2, 0.25) is 0 Å². The van der Waals surface area contributed by atoms with Crippen molar-refractivity contribution in [1.29, 1.82) is 0 Å². The molecule has 5 nitrogen and oxygen atoms in total. The quantitative estimate of drug-likeness (QED) is 0.115. The van der Waals surface area contributed by atoms with E-state index in [-0.39, 0.29) is 0 Å². The Morgan fingerprint density at radius 1 is 1.08 bits per heavy atom. The molecule has 0 fully saturated rings. The summed E-state index contributed by atoms with van der Waals surface area (Å²) in [5, 5.41) is 7.51. The van der Waals surface area contributed by atoms with Gasteiger partial charge in [-0.1, -0.05) is 86.6 Å². The molecule has 0 aliphatic rings. The minimum atomic E-state index is 0.688. The minimum Gasteiger partial charge on any atom is -0.397 e. The second kappa shape index (κ2) is 14.9. The molecule has 0 spiro atoms. The first-order chi connectivity index (χ1) is 18.8. The molecule has 0 aliphatic heterocycles. The van der Waals surface area contributed by atoms with E-state index in [4.69, 9.17) is 5.73 Å². The van der Waals surface area contributed by atoms with Gasteiger partial charge in [0.1, 0.15) is 0 Å². The van der Waals surface area contributed by atoms with E-state index in [2.05, 4.69) is 73.1 Å². The molecule has 0 aliphatic carbocycles. The molecule has 0 unspecified atom stereocenters. The van der Waals surface area contributed by atoms with Crippen molar-refractivity contribution in [2.75, 3.05) is 16.4 Å². The van der Waals surface area contributed by atoms with Crippen LogP contribution < -0.4 is 16.4 Å². The Morgan fingerprint density at radius 2 is 1.79 bits per heavy atom. The summed E-state index contributed by atoms with van der Waals surface area (Å²) in [4.78, 5) is 10.3. The molecule has 204 valence electrons. The van der Waals surface area contributed by atoms with Gasteiger partial charge in [0.15, 0.2) is 5.13 Å². The molecule has 0 saturated heterocycles. The number of aromatic nitrogens is 1. The van der Waals surface area contributed by atoms with Crippen molar-refractivity contribution in [2.45, 2.75) is 53.9 Å². The van der Waals surface area contributed by atoms with Crippen LogP contribution in [0.2, 0.25) is 0 Å². The summed E-state index contributed by atoms with van der Waals surface area (Å²) in [6, 6.07) is 15.7. The zero-order chi connectivity index (χ0) is 28.2. The van der Waals surface area contributed by atoms with Crippen LogP contribution in [0.25, 0.3) is 11.3 Å². The predicted octanol–water partition coefficient (Wildman–Crippen LogP) is 9.70. The molecule has 3 rings (SSSR count). The van der Waals surface area contributed by atoms with Crippen LogP contribution in [0.5, 0.6) is 0 Å². The Balaban J connectivity index is 1.58. The maximum atomic E-state index is 6.03. The molecular formula is C33H41N5S. The lowest BCUT2D eigenvalue weighted by atomic mass is 9.94. The number of hydrogen-bond donors (Lipinski definition) is 3. The summed E-state index contributed by atoms with van der Waals surface area (Å²) >= 11 is 1.60. The first kappa shape index (κ1) is 29.7. The molecule has 0 bridgehead atoms. The Hall–Kier alpha value is -3.90. The number of nitrogens with one attached hydrogen (secondary N) is 2. The van der Waals surface area contributed by atoms with Gasteiger partial charge in [0.25, 0.3) is 0 Å². The van der Waals surface area contributed by atoms with Gasteiger partial charge in [-0.15, -0.1) is 0 Å². The predicted molar refractivity (Wildman–Crippen MR) is 174 cm³/mol. The molecule has 3 aromatic rings. The summed E-state index contributed by atoms with van der Waals surface area (Å²) in [6.07, 6.45) is 13.9. The van der Waals surface area contributed by atoms with E-state index in [9.17, 15) is 0 Å². The Morgan fingerprint density at radius 3 is 2.46 bits per heavy atom. The van der Waals surface area contributed by atoms with Crippen LogP contribution in [0.1, 0.15) is 64.3 Å². The highest BCUT2D eigenvalue weighted by atomic mass is 32.1. The fourth-order valence-electron chi connectivity index (χ4n) is 3.96. The van der Waals surface area contributed by atoms with Crippen LogP contribution in [-0.2, 0) is 0 Å². The molecule has 0 amide bonds. The molecule has 0 atom stereocenters. The van der Waals surface area contributed by atoms with E-state index < -0.39 is 0 Å². The smallest absolute Gasteiger partial charge is 0.187 e. The van der Waals surface area contributed by atoms with Gasteiger partial charge in [-0.05, 0) is 74.6 Å². The second-order valence-corrected chi connectivity index (χ2v) is 10.6. The number of allylic oxidation sites excluding steroid dienone is 5. The van der Waals surface area contributed by atoms with Crippen LogP contribution in [-0.4, -0.2) is 10.7 Å². The summed E-state index contributed by atoms with van der Waals surface area (Å²) in [6.45, 7) is 14.9. The van der Waals surface area contributed by atoms with Gasteiger partial charge in [-0.2, -0.15) is 0 Å². The molecule has 0 saturated carbocycles. The Bertz CT molecular complexity index is 1350. The number of thiazole rings is 1. The number of nitrogens with two attached hydrogens (primary N) is 1. The third-order valence-corrected chi connectivity index (χ3v) is 7.72. The van der Waals surface area contributed by atoms with Crippen LogP contribution in [0, 0.1) is 5.92 Å². The van der Waals surface area contributed by atoms with Gasteiger partial charge in [-0.3, -0.25) is 4.99 Å². The molecule has 2 aromatic carbocycles. The number of anilines is 4. The number of nitrogen functional groups attached to an aromatic ring is 1. The van der Waals surface area contributed by atoms with Crippen molar-refractivity contribution in [3.63, 3.8) is 0 Å². The summed E-state index contributed by atoms with van der Waals surface area (Å²) in [5.74, 6) is 0.739. The summed E-state index contributed by atoms with van der Waals surface area (Å²) in [5.41, 5.74) is 13.7. The summed E-state index contributed by atoms with van der Waals surface area (Å²) < 4.78 is 0. The van der Waals surface area contributed by atoms with Crippen molar-refractivity contribution >= 4 is 50.5 Å². The number of nitrogens with zero attached hydrogens (tertiary/aromatic N) is 2. The molecule has 0 radical (unpaired) electrons. The number of benzene rings is 2. The van der Waals surface area contributed by atoms with Gasteiger partial charge < -0.3 is 16.4 Å². The fraction of sp³-hybridized carbons (Fsp3) is 0.273. The SMILES string of the molecule is C=C(Nc1ccccc1N)c1ccc(Nc2ncc(/C(C)=C/N=C(C)\C=C/C(=C\C)CC(CC)CC)s2)cc1. The largest absolute Gasteiger partial charge is 0.397 e. The van der Waals surface area contributed by atoms with Crippen molar-refractivity contribution in [3.8, 4) is 0 Å². The zero-order valence-electron chi connectivity index (χ0n) is 23.8. The normalized spacial score (nSPS) is 12.8. The zero-order valence-corrected chi connectivity index (χ0v) is 24.6. The van der Waals surface area contributed by atoms with E-state index in [0.717, 1.165) is 56.3 Å². The molecule has 1 heterocycles. The number of rotatable bonds is 13. The van der Waals surface area contributed by atoms with E-state index in [1.807, 2.05) is 67.9 Å². The van der Waals surface area contributed by atoms with Crippen molar-refractivity contribution in [2.24, 2.45) is 10.9 Å². The first-order valence-electron chi connectivity index (χ1n) is 13.5. The highest BCUT2D eigenvalue weighted by Gasteiger charge is 2.07. The van der Waals surface area contributed by atoms with E-state index in [1.54, 1.807) is 11.3 Å². The fourth-order valence-corrected chi connectivity index (χ4v) is 4.77. The van der Waals surface area contributed by atoms with E-state index in [1.165, 1.54) is 18.4 Å². The minimum absolute atomic E-state index is 0.688. The number of aliphatic imine (C=N–C) groups is 1. The van der Waals surface area contributed by atoms with Crippen molar-refractivity contribution in [3.05, 3.63) is 102 Å². The lowest BCUT2D eigenvalue weighted by Gasteiger charge is -2.12. The van der Waals surface area contributed by atoms with E-state index >= 15 is 0 Å². The van der Waals surface area contributed by atoms with Crippen LogP contribution in [0.3, 0.4) is 0 Å². The topological polar surface area (TPSA) is 75.3 Å². The molecule has 4 N–H and O–H groups in total. The standard InChI is InChI=1S/C33H41N5S/c1-7-26(8-2)20-27(9-3)15-14-24(5)35-21-23(4)32-22-36-33(39-32)38-29-18-16-28(17-19-29)25(6)37-31-13-11-10-12-30(31)34/h9-19,21-22,26,37H,6-8,20,34H2,1-5H3,(H,36,38)/b15-14-,23-21+,27-9+,35-24-. The lowest BCUT2D eigenvalue weighted by Crippen LogP contribution is -2.00. The summed E-state index contributed by atoms with van der Waals surface area (Å²) in [7, 11) is 0. The second-order valence-electron chi connectivity index (χ2n) is 9.59. The number of para-hydroxylation sites is 2. The maximum absolute atomic E-state index is 6.03. The molecule has 6 heteroatoms. The van der Waals surface area contributed by atoms with Gasteiger partial charge in [-0.25, -0.2) is 4.98 Å². The van der Waals surface area contributed by atoms with Crippen LogP contribution in [0.15, 0.2) is 96.3 Å². The molecule has 39 heavy (non-hydrogen) atoms. The third kappa shape index (κ3) is 9.11. The molecule has 1 aromatic heterocycles. The monoisotopic (exact) mass is 539 g/mol. The lowest BCUT2D eigenvalue weighted by molar-refractivity contribution is 0.492. The Kier molecular flexibility index (Phi) is 11.3. The maximum Gasteiger partial charge on any atom is 0.187 e. The van der Waals surface area contributed by atoms with Gasteiger partial charge in [0.05, 0.1) is 16.3 Å². The van der Waals surface area contributed by atoms with Crippen molar-refractivity contribution in [1.82, 2.24) is 4.98 Å². The highest BCUT2D eigenvalue weighted by molar-refractivity contribution is 7.16. The highest BCUT2D eigenvalue weighted by Crippen LogP contribution is 2.29. The van der Waals surface area contributed by atoms with E-state index in [0.29, 0.717) is 5.69 Å². The number of hydrogen-bond acceptors (Lipinski definition) is 6. The average molecular weight is 540 g/mol.